The molecule has 26 heteroatoms. The number of pyridine rings is 2. The fourth-order valence-corrected chi connectivity index (χ4v) is 12.8. The first-order valence-corrected chi connectivity index (χ1v) is 30.5. The van der Waals surface area contributed by atoms with Crippen molar-refractivity contribution >= 4 is 58.4 Å². The van der Waals surface area contributed by atoms with Crippen LogP contribution in [-0.4, -0.2) is 141 Å². The van der Waals surface area contributed by atoms with Crippen LogP contribution >= 0.6 is 0 Å². The fourth-order valence-electron chi connectivity index (χ4n) is 12.8. The van der Waals surface area contributed by atoms with E-state index in [1.165, 1.54) is 17.6 Å². The molecule has 2 aromatic heterocycles. The number of carbonyl (C=O) groups is 8. The van der Waals surface area contributed by atoms with Gasteiger partial charge in [0.25, 0.3) is 5.56 Å². The summed E-state index contributed by atoms with van der Waals surface area (Å²) in [5.74, 6) is -6.38. The quantitative estimate of drug-likeness (QED) is 0.0250. The molecule has 25 nitrogen and oxygen atoms in total. The Morgan fingerprint density at radius 1 is 0.890 bits per heavy atom. The number of aliphatic hydroxyl groups is 3. The van der Waals surface area contributed by atoms with Gasteiger partial charge in [0.2, 0.25) is 35.4 Å². The monoisotopic (exact) mass is 1260 g/mol. The highest BCUT2D eigenvalue weighted by atomic mass is 19.1. The zero-order valence-electron chi connectivity index (χ0n) is 51.5. The number of esters is 1. The van der Waals surface area contributed by atoms with Crippen LogP contribution in [0.15, 0.2) is 65.5 Å². The molecule has 0 spiro atoms. The number of cyclic esters (lactones) is 1. The average Bonchev–Trinajstić information content (AvgIpc) is 1.64. The molecule has 5 aromatic rings. The summed E-state index contributed by atoms with van der Waals surface area (Å²) in [5, 5.41) is 49.1. The summed E-state index contributed by atoms with van der Waals surface area (Å²) in [4.78, 5) is 126. The second-order valence-corrected chi connectivity index (χ2v) is 25.0. The maximum Gasteiger partial charge on any atom is 0.407 e. The van der Waals surface area contributed by atoms with Gasteiger partial charge in [-0.1, -0.05) is 69.3 Å². The van der Waals surface area contributed by atoms with E-state index in [2.05, 4.69) is 31.9 Å². The number of fused-ring (bicyclic) bond motifs is 8. The highest BCUT2D eigenvalue weighted by molar-refractivity contribution is 5.96. The second kappa shape index (κ2) is 26.3. The summed E-state index contributed by atoms with van der Waals surface area (Å²) in [5.41, 5.74) is 9.06. The maximum atomic E-state index is 15.6. The van der Waals surface area contributed by atoms with Crippen molar-refractivity contribution in [1.29, 1.82) is 0 Å². The van der Waals surface area contributed by atoms with E-state index in [0.717, 1.165) is 27.8 Å². The third-order valence-electron chi connectivity index (χ3n) is 18.1. The van der Waals surface area contributed by atoms with E-state index in [1.54, 1.807) is 47.6 Å². The van der Waals surface area contributed by atoms with Crippen LogP contribution in [0.3, 0.4) is 0 Å². The van der Waals surface area contributed by atoms with Gasteiger partial charge < -0.3 is 76.5 Å². The minimum absolute atomic E-state index is 0.0450. The van der Waals surface area contributed by atoms with Crippen LogP contribution in [0.5, 0.6) is 0 Å². The number of primary amides is 1. The van der Waals surface area contributed by atoms with Gasteiger partial charge in [-0.05, 0) is 104 Å². The molecular formula is C65H76FN9O16. The van der Waals surface area contributed by atoms with Crippen LogP contribution in [0.1, 0.15) is 130 Å². The lowest BCUT2D eigenvalue weighted by atomic mass is 9.81. The van der Waals surface area contributed by atoms with E-state index >= 15 is 4.39 Å². The Labute approximate surface area is 522 Å². The first kappa shape index (κ1) is 65.3. The zero-order valence-corrected chi connectivity index (χ0v) is 51.5. The van der Waals surface area contributed by atoms with Gasteiger partial charge in [-0.25, -0.2) is 19.0 Å². The SMILES string of the molecule is CC[C@@]1(O)C(=O)OCc2c1cc1n(c2=O)Cc2c-1nc1cc(F)c(C)c3c1c2[C@@H](NC(=O)C(C)(C)COCNC(=O)[C@H](C)NC(=O)[C@@H](NC(=O)[C@H](CCC(=O)NC[C@H]1O[C@@H](CC(N)=O)[C@H](O)[C@@H]1O)NC(=O)OCC1c2ccccc2-c2ccccc21)C(C)C)CC3. The average molecular weight is 1260 g/mol. The van der Waals surface area contributed by atoms with Gasteiger partial charge in [0.15, 0.2) is 5.60 Å². The number of ether oxygens (including phenoxy) is 4. The Morgan fingerprint density at radius 2 is 1.57 bits per heavy atom. The Hall–Kier alpha value is -8.69. The molecule has 3 aliphatic heterocycles. The molecule has 0 bridgehead atoms. The number of aliphatic hydroxyl groups excluding tert-OH is 2. The molecule has 7 amide bonds. The van der Waals surface area contributed by atoms with Crippen molar-refractivity contribution in [2.75, 3.05) is 26.5 Å². The molecule has 10 rings (SSSR count). The number of aromatic nitrogens is 2. The normalized spacial score (nSPS) is 21.2. The molecular weight excluding hydrogens is 1180 g/mol. The standard InChI is InChI=1S/C65H76FN9O16/c1-8-65(87)41-21-46-54-38(25-75(46)60(83)40(41)27-89-62(65)85)52-43(18-17-33-31(4)42(66)22-45(71-54)51(33)52)72-61(84)64(6,7)28-88-29-69-57(80)32(5)70-59(82)53(30(2)3)74-58(81)44(19-20-50(77)68-24-48-56(79)55(78)47(91-48)23-49(67)76)73-63(86)90-26-39-36-15-11-9-13-34(36)35-14-10-12-16-37(35)39/h9-16,21-22,30,32,39,43-44,47-48,53,55-56,78-79,87H,8,17-20,23-29H2,1-7H3,(H2,67,76)(H,68,77)(H,69,80)(H,70,82)(H,72,84)(H,73,86)(H,74,81)/t32-,43-,44-,47-,48+,53-,55-,56+,65-/m0/s1. The van der Waals surface area contributed by atoms with Crippen molar-refractivity contribution in [1.82, 2.24) is 41.5 Å². The summed E-state index contributed by atoms with van der Waals surface area (Å²) in [6, 6.07) is 13.8. The summed E-state index contributed by atoms with van der Waals surface area (Å²) in [6.07, 6.45) is -6.40. The van der Waals surface area contributed by atoms with E-state index in [9.17, 15) is 58.5 Å². The number of rotatable bonds is 23. The van der Waals surface area contributed by atoms with Crippen molar-refractivity contribution in [3.63, 3.8) is 0 Å². The smallest absolute Gasteiger partial charge is 0.407 e. The largest absolute Gasteiger partial charge is 0.458 e. The number of alkyl carbamates (subject to hydrolysis) is 1. The Balaban J connectivity index is 0.754. The molecule has 91 heavy (non-hydrogen) atoms. The van der Waals surface area contributed by atoms with Gasteiger partial charge in [-0.2, -0.15) is 0 Å². The van der Waals surface area contributed by atoms with Crippen molar-refractivity contribution in [3.05, 3.63) is 121 Å². The van der Waals surface area contributed by atoms with Gasteiger partial charge in [-0.3, -0.25) is 33.6 Å². The number of nitrogens with one attached hydrogen (secondary N) is 6. The summed E-state index contributed by atoms with van der Waals surface area (Å²) in [6.45, 7) is 10.0. The lowest BCUT2D eigenvalue weighted by Gasteiger charge is -2.32. The number of aryl methyl sites for hydroxylation is 1. The van der Waals surface area contributed by atoms with Crippen LogP contribution in [0.2, 0.25) is 0 Å². The summed E-state index contributed by atoms with van der Waals surface area (Å²) < 4.78 is 39.4. The molecule has 484 valence electrons. The third-order valence-corrected chi connectivity index (χ3v) is 18.1. The number of hydrogen-bond donors (Lipinski definition) is 10. The first-order valence-electron chi connectivity index (χ1n) is 30.5. The third kappa shape index (κ3) is 12.9. The first-order chi connectivity index (χ1) is 43.2. The van der Waals surface area contributed by atoms with Crippen molar-refractivity contribution < 1.29 is 77.0 Å². The fraction of sp³-hybridized carbons (Fsp3) is 0.477. The number of nitrogens with zero attached hydrogens (tertiary/aromatic N) is 2. The molecule has 9 atom stereocenters. The van der Waals surface area contributed by atoms with Crippen LogP contribution in [0, 0.1) is 24.1 Å². The number of amides is 7. The van der Waals surface area contributed by atoms with Crippen LogP contribution in [0.25, 0.3) is 33.4 Å². The van der Waals surface area contributed by atoms with Gasteiger partial charge in [0.1, 0.15) is 62.2 Å². The zero-order chi connectivity index (χ0) is 65.5. The Morgan fingerprint density at radius 3 is 2.24 bits per heavy atom. The molecule has 0 radical (unpaired) electrons. The number of hydrogen-bond acceptors (Lipinski definition) is 17. The van der Waals surface area contributed by atoms with Gasteiger partial charge in [0.05, 0.1) is 59.6 Å². The molecule has 1 saturated heterocycles. The van der Waals surface area contributed by atoms with Crippen molar-refractivity contribution in [3.8, 4) is 22.5 Å². The number of carbonyl (C=O) groups excluding carboxylic acids is 8. The van der Waals surface area contributed by atoms with E-state index in [0.29, 0.717) is 51.8 Å². The molecule has 0 unspecified atom stereocenters. The van der Waals surface area contributed by atoms with Crippen LogP contribution in [-0.2, 0) is 77.7 Å². The molecule has 3 aromatic carbocycles. The highest BCUT2D eigenvalue weighted by Gasteiger charge is 2.47. The van der Waals surface area contributed by atoms with E-state index in [-0.39, 0.29) is 82.4 Å². The molecule has 0 saturated carbocycles. The lowest BCUT2D eigenvalue weighted by Crippen LogP contribution is -2.58. The molecule has 5 heterocycles. The van der Waals surface area contributed by atoms with Gasteiger partial charge >= 0.3 is 12.1 Å². The maximum absolute atomic E-state index is 15.6. The minimum atomic E-state index is -2.07. The predicted octanol–water partition coefficient (Wildman–Crippen LogP) is 2.56. The number of halogens is 1. The van der Waals surface area contributed by atoms with Crippen LogP contribution in [0.4, 0.5) is 9.18 Å². The Bertz CT molecular complexity index is 3790. The summed E-state index contributed by atoms with van der Waals surface area (Å²) in [7, 11) is 0. The van der Waals surface area contributed by atoms with E-state index < -0.39 is 124 Å². The summed E-state index contributed by atoms with van der Waals surface area (Å²) >= 11 is 0. The van der Waals surface area contributed by atoms with Crippen molar-refractivity contribution in [2.24, 2.45) is 17.1 Å². The van der Waals surface area contributed by atoms with E-state index in [1.807, 2.05) is 48.5 Å². The molecule has 11 N–H and O–H groups in total. The topological polar surface area (TPSA) is 367 Å². The number of benzene rings is 3. The minimum Gasteiger partial charge on any atom is -0.458 e. The second-order valence-electron chi connectivity index (χ2n) is 25.0. The van der Waals surface area contributed by atoms with E-state index in [4.69, 9.17) is 29.7 Å². The highest BCUT2D eigenvalue weighted by Crippen LogP contribution is 2.47. The van der Waals surface area contributed by atoms with Crippen LogP contribution < -0.4 is 43.2 Å². The van der Waals surface area contributed by atoms with Crippen molar-refractivity contribution in [2.45, 2.75) is 160 Å². The molecule has 1 fully saturated rings. The lowest BCUT2D eigenvalue weighted by molar-refractivity contribution is -0.172. The predicted molar refractivity (Wildman–Crippen MR) is 324 cm³/mol. The Kier molecular flexibility index (Phi) is 18.8. The number of nitrogens with two attached hydrogens (primary N) is 1. The van der Waals surface area contributed by atoms with Gasteiger partial charge in [0, 0.05) is 41.5 Å². The molecule has 5 aliphatic rings. The molecule has 2 aliphatic carbocycles. The van der Waals surface area contributed by atoms with Gasteiger partial charge in [-0.15, -0.1) is 0 Å².